The lowest BCUT2D eigenvalue weighted by atomic mass is 9.69. The third kappa shape index (κ3) is 4.67. The van der Waals surface area contributed by atoms with Gasteiger partial charge in [0, 0.05) is 32.2 Å². The molecule has 2 aliphatic carbocycles. The molecule has 0 spiro atoms. The van der Waals surface area contributed by atoms with Crippen LogP contribution in [0.5, 0.6) is 0 Å². The highest BCUT2D eigenvalue weighted by atomic mass is 15.2. The van der Waals surface area contributed by atoms with Crippen LogP contribution in [-0.4, -0.2) is 62.2 Å². The van der Waals surface area contributed by atoms with E-state index < -0.39 is 0 Å². The molecule has 2 saturated carbocycles. The van der Waals surface area contributed by atoms with Gasteiger partial charge in [0.1, 0.15) is 0 Å². The Morgan fingerprint density at radius 3 is 2.48 bits per heavy atom. The molecule has 0 aromatic heterocycles. The zero-order valence-electron chi connectivity index (χ0n) is 14.0. The van der Waals surface area contributed by atoms with E-state index in [-0.39, 0.29) is 0 Å². The molecule has 0 aromatic carbocycles. The summed E-state index contributed by atoms with van der Waals surface area (Å²) in [6.07, 6.45) is 11.8. The van der Waals surface area contributed by atoms with Gasteiger partial charge in [-0.1, -0.05) is 25.7 Å². The van der Waals surface area contributed by atoms with Crippen molar-refractivity contribution >= 4 is 0 Å². The largest absolute Gasteiger partial charge is 0.314 e. The number of hydrogen-bond donors (Lipinski definition) is 1. The number of likely N-dealkylation sites (N-methyl/N-ethyl adjacent to an activating group) is 1. The minimum atomic E-state index is 0.830. The highest BCUT2D eigenvalue weighted by Gasteiger charge is 2.31. The maximum absolute atomic E-state index is 3.87. The van der Waals surface area contributed by atoms with E-state index in [1.54, 1.807) is 0 Å². The molecule has 0 amide bonds. The average molecular weight is 293 g/mol. The van der Waals surface area contributed by atoms with Crippen molar-refractivity contribution in [3.05, 3.63) is 0 Å². The predicted molar refractivity (Wildman–Crippen MR) is 89.6 cm³/mol. The first-order valence-corrected chi connectivity index (χ1v) is 9.45. The van der Waals surface area contributed by atoms with Gasteiger partial charge in [-0.3, -0.25) is 0 Å². The molecule has 0 aromatic rings. The zero-order valence-corrected chi connectivity index (χ0v) is 14.0. The lowest BCUT2D eigenvalue weighted by Crippen LogP contribution is -2.45. The second-order valence-electron chi connectivity index (χ2n) is 7.77. The van der Waals surface area contributed by atoms with Crippen LogP contribution in [0, 0.1) is 11.8 Å². The Morgan fingerprint density at radius 2 is 1.67 bits per heavy atom. The zero-order chi connectivity index (χ0) is 14.5. The van der Waals surface area contributed by atoms with E-state index in [9.17, 15) is 0 Å². The highest BCUT2D eigenvalue weighted by Crippen LogP contribution is 2.40. The predicted octanol–water partition coefficient (Wildman–Crippen LogP) is 2.57. The van der Waals surface area contributed by atoms with Gasteiger partial charge in [0.2, 0.25) is 0 Å². The fourth-order valence-corrected chi connectivity index (χ4v) is 4.74. The molecule has 3 atom stereocenters. The number of rotatable bonds is 5. The first-order valence-electron chi connectivity index (χ1n) is 9.45. The van der Waals surface area contributed by atoms with Crippen molar-refractivity contribution in [3.8, 4) is 0 Å². The van der Waals surface area contributed by atoms with Crippen LogP contribution in [0.2, 0.25) is 0 Å². The summed E-state index contributed by atoms with van der Waals surface area (Å²) in [5.41, 5.74) is 0. The molecule has 1 saturated heterocycles. The Kier molecular flexibility index (Phi) is 5.96. The van der Waals surface area contributed by atoms with E-state index in [1.165, 1.54) is 90.6 Å². The molecule has 1 heterocycles. The summed E-state index contributed by atoms with van der Waals surface area (Å²) in [7, 11) is 2.24. The molecule has 3 heteroatoms. The van der Waals surface area contributed by atoms with Crippen molar-refractivity contribution in [1.82, 2.24) is 15.1 Å². The quantitative estimate of drug-likeness (QED) is 0.786. The Bertz CT molecular complexity index is 299. The van der Waals surface area contributed by atoms with Gasteiger partial charge >= 0.3 is 0 Å². The van der Waals surface area contributed by atoms with Crippen LogP contribution < -0.4 is 5.32 Å². The van der Waals surface area contributed by atoms with Gasteiger partial charge in [-0.2, -0.15) is 0 Å². The second kappa shape index (κ2) is 7.94. The van der Waals surface area contributed by atoms with Crippen LogP contribution in [0.1, 0.15) is 51.4 Å². The maximum Gasteiger partial charge on any atom is 0.0110 e. The van der Waals surface area contributed by atoms with Crippen molar-refractivity contribution in [2.45, 2.75) is 57.4 Å². The van der Waals surface area contributed by atoms with Crippen LogP contribution in [0.3, 0.4) is 0 Å². The molecule has 3 nitrogen and oxygen atoms in total. The Balaban J connectivity index is 1.27. The lowest BCUT2D eigenvalue weighted by molar-refractivity contribution is 0.138. The van der Waals surface area contributed by atoms with Gasteiger partial charge in [-0.05, 0) is 57.7 Å². The third-order valence-corrected chi connectivity index (χ3v) is 6.22. The fourth-order valence-electron chi connectivity index (χ4n) is 4.74. The molecule has 0 radical (unpaired) electrons. The summed E-state index contributed by atoms with van der Waals surface area (Å²) in [6, 6.07) is 0.830. The second-order valence-corrected chi connectivity index (χ2v) is 7.77. The Morgan fingerprint density at radius 1 is 0.905 bits per heavy atom. The molecule has 0 bridgehead atoms. The van der Waals surface area contributed by atoms with Crippen molar-refractivity contribution in [3.63, 3.8) is 0 Å². The smallest absolute Gasteiger partial charge is 0.0110 e. The topological polar surface area (TPSA) is 18.5 Å². The number of piperazine rings is 1. The SMILES string of the molecule is CN1CCN(CCCNC2CCC3CCCCC3C2)CC1. The molecule has 122 valence electrons. The molecular weight excluding hydrogens is 258 g/mol. The Labute approximate surface area is 131 Å². The van der Waals surface area contributed by atoms with Crippen LogP contribution in [0.25, 0.3) is 0 Å². The van der Waals surface area contributed by atoms with E-state index in [0.717, 1.165) is 17.9 Å². The Hall–Kier alpha value is -0.120. The number of hydrogen-bond acceptors (Lipinski definition) is 3. The summed E-state index contributed by atoms with van der Waals surface area (Å²) in [6.45, 7) is 7.56. The minimum absolute atomic E-state index is 0.830. The molecule has 1 N–H and O–H groups in total. The van der Waals surface area contributed by atoms with E-state index >= 15 is 0 Å². The molecule has 3 unspecified atom stereocenters. The fraction of sp³-hybridized carbons (Fsp3) is 1.00. The summed E-state index contributed by atoms with van der Waals surface area (Å²) >= 11 is 0. The van der Waals surface area contributed by atoms with Gasteiger partial charge in [-0.15, -0.1) is 0 Å². The van der Waals surface area contributed by atoms with Gasteiger partial charge in [0.15, 0.2) is 0 Å². The van der Waals surface area contributed by atoms with E-state index in [2.05, 4.69) is 22.2 Å². The van der Waals surface area contributed by atoms with Gasteiger partial charge in [-0.25, -0.2) is 0 Å². The standard InChI is InChI=1S/C18H35N3/c1-20-11-13-21(14-12-20)10-4-9-19-18-8-7-16-5-2-3-6-17(16)15-18/h16-19H,2-15H2,1H3. The van der Waals surface area contributed by atoms with Crippen molar-refractivity contribution in [2.75, 3.05) is 46.3 Å². The summed E-state index contributed by atoms with van der Waals surface area (Å²) in [4.78, 5) is 5.08. The summed E-state index contributed by atoms with van der Waals surface area (Å²) < 4.78 is 0. The molecule has 1 aliphatic heterocycles. The molecule has 3 aliphatic rings. The monoisotopic (exact) mass is 293 g/mol. The molecule has 3 fully saturated rings. The highest BCUT2D eigenvalue weighted by molar-refractivity contribution is 4.86. The van der Waals surface area contributed by atoms with Crippen LogP contribution in [-0.2, 0) is 0 Å². The van der Waals surface area contributed by atoms with Crippen molar-refractivity contribution in [1.29, 1.82) is 0 Å². The van der Waals surface area contributed by atoms with Crippen LogP contribution in [0.15, 0.2) is 0 Å². The average Bonchev–Trinajstić information content (AvgIpc) is 2.53. The summed E-state index contributed by atoms with van der Waals surface area (Å²) in [5.74, 6) is 2.14. The summed E-state index contributed by atoms with van der Waals surface area (Å²) in [5, 5.41) is 3.87. The maximum atomic E-state index is 3.87. The molecule has 21 heavy (non-hydrogen) atoms. The first-order chi connectivity index (χ1) is 10.3. The number of nitrogens with zero attached hydrogens (tertiary/aromatic N) is 2. The van der Waals surface area contributed by atoms with E-state index in [1.807, 2.05) is 0 Å². The van der Waals surface area contributed by atoms with Gasteiger partial charge in [0.05, 0.1) is 0 Å². The van der Waals surface area contributed by atoms with Crippen molar-refractivity contribution in [2.24, 2.45) is 11.8 Å². The number of fused-ring (bicyclic) bond motifs is 1. The van der Waals surface area contributed by atoms with E-state index in [4.69, 9.17) is 0 Å². The van der Waals surface area contributed by atoms with Crippen LogP contribution >= 0.6 is 0 Å². The van der Waals surface area contributed by atoms with Gasteiger partial charge < -0.3 is 15.1 Å². The van der Waals surface area contributed by atoms with Crippen LogP contribution in [0.4, 0.5) is 0 Å². The van der Waals surface area contributed by atoms with E-state index in [0.29, 0.717) is 0 Å². The number of nitrogens with one attached hydrogen (secondary N) is 1. The third-order valence-electron chi connectivity index (χ3n) is 6.22. The first kappa shape index (κ1) is 15.8. The normalized spacial score (nSPS) is 35.6. The lowest BCUT2D eigenvalue weighted by Gasteiger charge is -2.39. The minimum Gasteiger partial charge on any atom is -0.314 e. The molecular formula is C18H35N3. The molecule has 3 rings (SSSR count). The van der Waals surface area contributed by atoms with Gasteiger partial charge in [0.25, 0.3) is 0 Å². The van der Waals surface area contributed by atoms with Crippen molar-refractivity contribution < 1.29 is 0 Å².